The van der Waals surface area contributed by atoms with Gasteiger partial charge in [-0.05, 0) is 24.1 Å². The first kappa shape index (κ1) is 13.6. The lowest BCUT2D eigenvalue weighted by molar-refractivity contribution is -0.136. The Morgan fingerprint density at radius 3 is 2.89 bits per heavy atom. The van der Waals surface area contributed by atoms with Crippen molar-refractivity contribution in [2.75, 3.05) is 0 Å². The summed E-state index contributed by atoms with van der Waals surface area (Å²) in [6.45, 7) is 1.80. The first-order chi connectivity index (χ1) is 9.01. The van der Waals surface area contributed by atoms with Gasteiger partial charge in [-0.3, -0.25) is 4.79 Å². The van der Waals surface area contributed by atoms with Crippen LogP contribution in [-0.2, 0) is 22.4 Å². The van der Waals surface area contributed by atoms with Crippen molar-refractivity contribution in [3.8, 4) is 0 Å². The van der Waals surface area contributed by atoms with Crippen LogP contribution in [0.4, 0.5) is 0 Å². The first-order valence-electron chi connectivity index (χ1n) is 5.97. The maximum atomic E-state index is 11.0. The molecule has 4 nitrogen and oxygen atoms in total. The number of aromatic amines is 1. The Morgan fingerprint density at radius 1 is 1.53 bits per heavy atom. The molecule has 0 aliphatic heterocycles. The fourth-order valence-electron chi connectivity index (χ4n) is 2.18. The predicted octanol–water partition coefficient (Wildman–Crippen LogP) is 2.83. The molecular weight excluding hydrogens is 266 g/mol. The lowest BCUT2D eigenvalue weighted by Crippen LogP contribution is -2.07. The average Bonchev–Trinajstić information content (AvgIpc) is 2.65. The summed E-state index contributed by atoms with van der Waals surface area (Å²) in [6.07, 6.45) is 1.30. The van der Waals surface area contributed by atoms with E-state index in [0.717, 1.165) is 28.4 Å². The van der Waals surface area contributed by atoms with Gasteiger partial charge in [0.25, 0.3) is 0 Å². The number of nitrogens with one attached hydrogen (secondary N) is 1. The van der Waals surface area contributed by atoms with Crippen molar-refractivity contribution < 1.29 is 14.7 Å². The lowest BCUT2D eigenvalue weighted by Gasteiger charge is -2.04. The number of hydrogen-bond acceptors (Lipinski definition) is 2. The number of H-pyrrole nitrogens is 1. The van der Waals surface area contributed by atoms with E-state index in [-0.39, 0.29) is 12.3 Å². The number of halogens is 1. The van der Waals surface area contributed by atoms with E-state index in [4.69, 9.17) is 16.7 Å². The third kappa shape index (κ3) is 2.96. The second-order valence-corrected chi connectivity index (χ2v) is 5.10. The zero-order valence-electron chi connectivity index (χ0n) is 10.4. The number of carbonyl (C=O) groups excluding carboxylic acids is 1. The third-order valence-corrected chi connectivity index (χ3v) is 3.28. The van der Waals surface area contributed by atoms with Crippen molar-refractivity contribution in [3.05, 3.63) is 34.5 Å². The van der Waals surface area contributed by atoms with Crippen LogP contribution >= 0.6 is 11.6 Å². The van der Waals surface area contributed by atoms with Crippen molar-refractivity contribution in [1.29, 1.82) is 0 Å². The van der Waals surface area contributed by atoms with Crippen LogP contribution in [0.15, 0.2) is 18.2 Å². The summed E-state index contributed by atoms with van der Waals surface area (Å²) in [6, 6.07) is 5.30. The number of carboxylic acid groups (broad SMARTS) is 1. The number of rotatable bonds is 5. The van der Waals surface area contributed by atoms with Crippen LogP contribution in [0.1, 0.15) is 18.2 Å². The molecule has 0 amide bonds. The summed E-state index contributed by atoms with van der Waals surface area (Å²) in [7, 11) is 0. The number of aldehydes is 1. The van der Waals surface area contributed by atoms with Crippen LogP contribution in [0.3, 0.4) is 0 Å². The number of hydrogen-bond donors (Lipinski definition) is 2. The molecule has 0 fully saturated rings. The molecule has 0 radical (unpaired) electrons. The minimum absolute atomic E-state index is 0.0669. The Kier molecular flexibility index (Phi) is 3.90. The highest BCUT2D eigenvalue weighted by atomic mass is 35.5. The molecule has 5 heteroatoms. The summed E-state index contributed by atoms with van der Waals surface area (Å²) in [5, 5.41) is 10.4. The number of benzene rings is 1. The second kappa shape index (κ2) is 5.45. The highest BCUT2D eigenvalue weighted by Crippen LogP contribution is 2.27. The number of carbonyl (C=O) groups is 2. The zero-order chi connectivity index (χ0) is 14.0. The van der Waals surface area contributed by atoms with Crippen molar-refractivity contribution in [2.24, 2.45) is 5.92 Å². The Bertz CT molecular complexity index is 633. The van der Waals surface area contributed by atoms with E-state index < -0.39 is 5.97 Å². The number of fused-ring (bicyclic) bond motifs is 1. The van der Waals surface area contributed by atoms with E-state index in [0.29, 0.717) is 11.4 Å². The summed E-state index contributed by atoms with van der Waals surface area (Å²) in [5.41, 5.74) is 2.32. The lowest BCUT2D eigenvalue weighted by atomic mass is 10.0. The van der Waals surface area contributed by atoms with Gasteiger partial charge in [0.2, 0.25) is 0 Å². The van der Waals surface area contributed by atoms with Gasteiger partial charge in [0.1, 0.15) is 6.29 Å². The van der Waals surface area contributed by atoms with Crippen LogP contribution < -0.4 is 0 Å². The summed E-state index contributed by atoms with van der Waals surface area (Å²) < 4.78 is 0. The molecule has 1 aromatic carbocycles. The predicted molar refractivity (Wildman–Crippen MR) is 73.6 cm³/mol. The van der Waals surface area contributed by atoms with Crippen LogP contribution in [0.25, 0.3) is 10.9 Å². The average molecular weight is 280 g/mol. The topological polar surface area (TPSA) is 70.2 Å². The van der Waals surface area contributed by atoms with Gasteiger partial charge in [-0.15, -0.1) is 0 Å². The highest BCUT2D eigenvalue weighted by Gasteiger charge is 2.16. The Morgan fingerprint density at radius 2 is 2.26 bits per heavy atom. The number of aliphatic carboxylic acids is 1. The first-order valence-corrected chi connectivity index (χ1v) is 6.35. The van der Waals surface area contributed by atoms with Gasteiger partial charge >= 0.3 is 5.97 Å². The number of aromatic nitrogens is 1. The van der Waals surface area contributed by atoms with Gasteiger partial charge in [-0.25, -0.2) is 0 Å². The molecule has 19 heavy (non-hydrogen) atoms. The van der Waals surface area contributed by atoms with Crippen LogP contribution in [0, 0.1) is 5.92 Å². The third-order valence-electron chi connectivity index (χ3n) is 3.04. The summed E-state index contributed by atoms with van der Waals surface area (Å²) in [4.78, 5) is 24.9. The molecule has 1 unspecified atom stereocenters. The molecule has 0 saturated carbocycles. The molecule has 2 N–H and O–H groups in total. The van der Waals surface area contributed by atoms with Gasteiger partial charge in [0.15, 0.2) is 0 Å². The Hall–Kier alpha value is -1.81. The van der Waals surface area contributed by atoms with Crippen molar-refractivity contribution in [3.63, 3.8) is 0 Å². The van der Waals surface area contributed by atoms with Crippen molar-refractivity contribution in [1.82, 2.24) is 4.98 Å². The van der Waals surface area contributed by atoms with Gasteiger partial charge < -0.3 is 14.9 Å². The molecule has 0 saturated heterocycles. The van der Waals surface area contributed by atoms with E-state index in [9.17, 15) is 9.59 Å². The molecule has 1 atom stereocenters. The van der Waals surface area contributed by atoms with Gasteiger partial charge in [-0.1, -0.05) is 24.6 Å². The molecule has 0 spiro atoms. The van der Waals surface area contributed by atoms with Gasteiger partial charge in [-0.2, -0.15) is 0 Å². The fraction of sp³-hybridized carbons (Fsp3) is 0.286. The Balaban J connectivity index is 2.53. The smallest absolute Gasteiger partial charge is 0.307 e. The maximum Gasteiger partial charge on any atom is 0.307 e. The molecule has 1 heterocycles. The maximum absolute atomic E-state index is 11.0. The molecule has 2 rings (SSSR count). The normalized spacial score (nSPS) is 12.5. The quantitative estimate of drug-likeness (QED) is 0.827. The van der Waals surface area contributed by atoms with Crippen LogP contribution in [0.5, 0.6) is 0 Å². The fourth-order valence-corrected chi connectivity index (χ4v) is 2.35. The molecular formula is C14H14ClNO3. The molecule has 2 aromatic rings. The standard InChI is InChI=1S/C14H14ClNO3/c1-8(7-17)4-12-11(6-14(18)19)10-3-2-9(15)5-13(10)16-12/h2-3,5,7-8,16H,4,6H2,1H3,(H,18,19). The van der Waals surface area contributed by atoms with E-state index >= 15 is 0 Å². The Labute approximate surface area is 115 Å². The van der Waals surface area contributed by atoms with Crippen LogP contribution in [-0.4, -0.2) is 22.3 Å². The molecule has 0 aliphatic rings. The van der Waals surface area contributed by atoms with E-state index in [1.807, 2.05) is 6.07 Å². The summed E-state index contributed by atoms with van der Waals surface area (Å²) in [5.74, 6) is -1.05. The van der Waals surface area contributed by atoms with Gasteiger partial charge in [0, 0.05) is 27.5 Å². The summed E-state index contributed by atoms with van der Waals surface area (Å²) >= 11 is 5.93. The second-order valence-electron chi connectivity index (χ2n) is 4.66. The van der Waals surface area contributed by atoms with E-state index in [2.05, 4.69) is 4.98 Å². The SMILES string of the molecule is CC(C=O)Cc1[nH]c2cc(Cl)ccc2c1CC(=O)O. The number of carboxylic acids is 1. The van der Waals surface area contributed by atoms with Crippen molar-refractivity contribution in [2.45, 2.75) is 19.8 Å². The minimum atomic E-state index is -0.893. The molecule has 1 aromatic heterocycles. The highest BCUT2D eigenvalue weighted by molar-refractivity contribution is 6.31. The zero-order valence-corrected chi connectivity index (χ0v) is 11.2. The molecule has 100 valence electrons. The minimum Gasteiger partial charge on any atom is -0.481 e. The van der Waals surface area contributed by atoms with E-state index in [1.54, 1.807) is 19.1 Å². The largest absolute Gasteiger partial charge is 0.481 e. The van der Waals surface area contributed by atoms with Gasteiger partial charge in [0.05, 0.1) is 6.42 Å². The molecule has 0 bridgehead atoms. The van der Waals surface area contributed by atoms with E-state index in [1.165, 1.54) is 0 Å². The molecule has 0 aliphatic carbocycles. The van der Waals surface area contributed by atoms with Crippen molar-refractivity contribution >= 4 is 34.8 Å². The van der Waals surface area contributed by atoms with Crippen LogP contribution in [0.2, 0.25) is 5.02 Å². The monoisotopic (exact) mass is 279 g/mol.